The number of amides is 1. The first-order valence-electron chi connectivity index (χ1n) is 12.7. The van der Waals surface area contributed by atoms with Crippen molar-refractivity contribution in [2.45, 2.75) is 83.6 Å². The highest BCUT2D eigenvalue weighted by molar-refractivity contribution is 5.93. The molecule has 0 radical (unpaired) electrons. The fourth-order valence-electron chi connectivity index (χ4n) is 5.93. The smallest absolute Gasteiger partial charge is 0.273 e. The van der Waals surface area contributed by atoms with E-state index in [1.165, 1.54) is 0 Å². The van der Waals surface area contributed by atoms with Gasteiger partial charge in [0.2, 0.25) is 5.92 Å². The van der Waals surface area contributed by atoms with Crippen LogP contribution in [-0.4, -0.2) is 57.7 Å². The summed E-state index contributed by atoms with van der Waals surface area (Å²) >= 11 is 0. The quantitative estimate of drug-likeness (QED) is 0.530. The number of aromatic nitrogens is 2. The minimum Gasteiger partial charge on any atom is -0.353 e. The molecule has 2 aromatic rings. The molecular formula is C28H36F2N4O2. The van der Waals surface area contributed by atoms with E-state index in [-0.39, 0.29) is 24.5 Å². The number of hydrogen-bond acceptors (Lipinski definition) is 5. The Morgan fingerprint density at radius 2 is 1.81 bits per heavy atom. The monoisotopic (exact) mass is 498 g/mol. The number of aryl methyl sites for hydroxylation is 1. The molecule has 1 aliphatic carbocycles. The van der Waals surface area contributed by atoms with Gasteiger partial charge in [-0.2, -0.15) is 0 Å². The zero-order valence-electron chi connectivity index (χ0n) is 21.9. The van der Waals surface area contributed by atoms with E-state index in [0.717, 1.165) is 23.4 Å². The largest absolute Gasteiger partial charge is 0.353 e. The lowest BCUT2D eigenvalue weighted by Crippen LogP contribution is -2.61. The molecule has 194 valence electrons. The molecular weight excluding hydrogens is 462 g/mol. The van der Waals surface area contributed by atoms with Crippen molar-refractivity contribution in [1.82, 2.24) is 14.9 Å². The number of nitrogens with zero attached hydrogens (tertiary/aromatic N) is 4. The molecule has 0 aromatic carbocycles. The fourth-order valence-corrected chi connectivity index (χ4v) is 5.93. The third kappa shape index (κ3) is 5.13. The van der Waals surface area contributed by atoms with Gasteiger partial charge in [0, 0.05) is 50.5 Å². The van der Waals surface area contributed by atoms with E-state index in [1.54, 1.807) is 19.2 Å². The first-order chi connectivity index (χ1) is 16.9. The Labute approximate surface area is 212 Å². The van der Waals surface area contributed by atoms with Crippen molar-refractivity contribution in [1.29, 1.82) is 0 Å². The van der Waals surface area contributed by atoms with Gasteiger partial charge in [-0.15, -0.1) is 0 Å². The Kier molecular flexibility index (Phi) is 6.92. The van der Waals surface area contributed by atoms with Crippen molar-refractivity contribution in [2.75, 3.05) is 24.5 Å². The molecule has 0 atom stereocenters. The van der Waals surface area contributed by atoms with E-state index in [2.05, 4.69) is 9.88 Å². The molecule has 36 heavy (non-hydrogen) atoms. The zero-order valence-corrected chi connectivity index (χ0v) is 21.9. The number of carbonyl (C=O) groups is 2. The number of alkyl halides is 2. The number of pyridine rings is 2. The Balaban J connectivity index is 1.52. The number of piperazine rings is 1. The van der Waals surface area contributed by atoms with Crippen LogP contribution in [0.2, 0.25) is 0 Å². The van der Waals surface area contributed by atoms with Crippen molar-refractivity contribution >= 4 is 17.5 Å². The van der Waals surface area contributed by atoms with Gasteiger partial charge < -0.3 is 9.80 Å². The number of carbonyl (C=O) groups excluding carboxylic acids is 2. The van der Waals surface area contributed by atoms with Crippen LogP contribution in [0.5, 0.6) is 0 Å². The highest BCUT2D eigenvalue weighted by atomic mass is 19.3. The van der Waals surface area contributed by atoms with Gasteiger partial charge in [-0.25, -0.2) is 18.7 Å². The van der Waals surface area contributed by atoms with Crippen LogP contribution in [0.15, 0.2) is 30.5 Å². The molecule has 8 heteroatoms. The normalized spacial score (nSPS) is 20.1. The summed E-state index contributed by atoms with van der Waals surface area (Å²) < 4.78 is 27.9. The van der Waals surface area contributed by atoms with Gasteiger partial charge in [-0.3, -0.25) is 9.59 Å². The average Bonchev–Trinajstić information content (AvgIpc) is 2.77. The molecule has 0 bridgehead atoms. The molecule has 0 unspecified atom stereocenters. The molecule has 4 rings (SSSR count). The van der Waals surface area contributed by atoms with Crippen molar-refractivity contribution in [3.05, 3.63) is 53.0 Å². The average molecular weight is 499 g/mol. The summed E-state index contributed by atoms with van der Waals surface area (Å²) in [6, 6.07) is 7.40. The maximum absolute atomic E-state index is 14.0. The number of anilines is 1. The molecule has 1 saturated heterocycles. The Hall–Kier alpha value is -2.90. The summed E-state index contributed by atoms with van der Waals surface area (Å²) in [5, 5.41) is 0. The Morgan fingerprint density at radius 3 is 2.36 bits per heavy atom. The molecule has 0 spiro atoms. The van der Waals surface area contributed by atoms with Crippen LogP contribution < -0.4 is 4.90 Å². The summed E-state index contributed by atoms with van der Waals surface area (Å²) in [4.78, 5) is 38.2. The number of ketones is 1. The summed E-state index contributed by atoms with van der Waals surface area (Å²) in [6.45, 7) is 11.2. The van der Waals surface area contributed by atoms with E-state index < -0.39 is 16.9 Å². The van der Waals surface area contributed by atoms with Crippen molar-refractivity contribution < 1.29 is 18.4 Å². The van der Waals surface area contributed by atoms with Crippen LogP contribution >= 0.6 is 0 Å². The molecule has 1 saturated carbocycles. The van der Waals surface area contributed by atoms with Crippen LogP contribution in [0.4, 0.5) is 14.6 Å². The topological polar surface area (TPSA) is 66.4 Å². The standard InChI is InChI=1S/C28H36F2N4O2/c1-6-11-27(16-28(29,30)17-27)24-19(2)7-9-22(32-24)25(36)34-13-12-33(18-26(34,4)5)23-10-8-21(15-31-23)14-20(3)35/h7-10,15H,6,11-14,16-18H2,1-5H3. The van der Waals surface area contributed by atoms with E-state index in [4.69, 9.17) is 4.98 Å². The van der Waals surface area contributed by atoms with Crippen molar-refractivity contribution in [3.8, 4) is 0 Å². The number of rotatable bonds is 7. The second-order valence-electron chi connectivity index (χ2n) is 11.2. The SMILES string of the molecule is CCCC1(c2nc(C(=O)N3CCN(c4ccc(CC(C)=O)cn4)CC3(C)C)ccc2C)CC(F)(F)C1. The van der Waals surface area contributed by atoms with E-state index >= 15 is 0 Å². The highest BCUT2D eigenvalue weighted by Gasteiger charge is 2.58. The third-order valence-electron chi connectivity index (χ3n) is 7.47. The summed E-state index contributed by atoms with van der Waals surface area (Å²) in [7, 11) is 0. The van der Waals surface area contributed by atoms with Gasteiger partial charge in [0.05, 0.1) is 11.2 Å². The molecule has 2 aromatic heterocycles. The second-order valence-corrected chi connectivity index (χ2v) is 11.2. The lowest BCUT2D eigenvalue weighted by atomic mass is 9.60. The van der Waals surface area contributed by atoms with Gasteiger partial charge in [-0.05, 0) is 57.4 Å². The fraction of sp³-hybridized carbons (Fsp3) is 0.571. The molecule has 3 heterocycles. The van der Waals surface area contributed by atoms with Crippen LogP contribution in [0.1, 0.15) is 80.7 Å². The van der Waals surface area contributed by atoms with E-state index in [1.807, 2.05) is 50.8 Å². The predicted octanol–water partition coefficient (Wildman–Crippen LogP) is 5.12. The summed E-state index contributed by atoms with van der Waals surface area (Å²) in [5.41, 5.74) is 1.55. The first-order valence-corrected chi connectivity index (χ1v) is 12.7. The first kappa shape index (κ1) is 26.2. The van der Waals surface area contributed by atoms with Crippen LogP contribution in [0.25, 0.3) is 0 Å². The predicted molar refractivity (Wildman–Crippen MR) is 136 cm³/mol. The second kappa shape index (κ2) is 9.52. The van der Waals surface area contributed by atoms with E-state index in [9.17, 15) is 18.4 Å². The molecule has 6 nitrogen and oxygen atoms in total. The van der Waals surface area contributed by atoms with Gasteiger partial charge in [0.25, 0.3) is 5.91 Å². The van der Waals surface area contributed by atoms with Crippen molar-refractivity contribution in [2.24, 2.45) is 0 Å². The maximum atomic E-state index is 14.0. The van der Waals surface area contributed by atoms with Gasteiger partial charge in [0.1, 0.15) is 17.3 Å². The molecule has 2 fully saturated rings. The molecule has 0 N–H and O–H groups in total. The highest BCUT2D eigenvalue weighted by Crippen LogP contribution is 2.56. The Morgan fingerprint density at radius 1 is 1.08 bits per heavy atom. The minimum absolute atomic E-state index is 0.0947. The van der Waals surface area contributed by atoms with Crippen LogP contribution in [0, 0.1) is 6.92 Å². The third-order valence-corrected chi connectivity index (χ3v) is 7.47. The molecule has 2 aliphatic rings. The van der Waals surface area contributed by atoms with Crippen LogP contribution in [0.3, 0.4) is 0 Å². The maximum Gasteiger partial charge on any atom is 0.273 e. The molecule has 1 amide bonds. The van der Waals surface area contributed by atoms with E-state index in [0.29, 0.717) is 43.9 Å². The van der Waals surface area contributed by atoms with Gasteiger partial charge in [-0.1, -0.05) is 25.5 Å². The minimum atomic E-state index is -2.67. The number of Topliss-reactive ketones (excluding diaryl/α,β-unsaturated/α-hetero) is 1. The van der Waals surface area contributed by atoms with Crippen molar-refractivity contribution in [3.63, 3.8) is 0 Å². The summed E-state index contributed by atoms with van der Waals surface area (Å²) in [5.74, 6) is -1.94. The van der Waals surface area contributed by atoms with Gasteiger partial charge >= 0.3 is 0 Å². The molecule has 1 aliphatic heterocycles. The Bertz CT molecular complexity index is 1140. The lowest BCUT2D eigenvalue weighted by Gasteiger charge is -2.48. The number of halogens is 2. The zero-order chi connectivity index (χ0) is 26.3. The lowest BCUT2D eigenvalue weighted by molar-refractivity contribution is -0.130. The van der Waals surface area contributed by atoms with Crippen LogP contribution in [-0.2, 0) is 16.6 Å². The summed E-state index contributed by atoms with van der Waals surface area (Å²) in [6.07, 6.45) is 3.10. The van der Waals surface area contributed by atoms with Gasteiger partial charge in [0.15, 0.2) is 0 Å². The number of hydrogen-bond donors (Lipinski definition) is 0.